The SMILES string of the molecule is COCCNC(=O)c1nc(-c2ccco2)sc1C. The van der Waals surface area contributed by atoms with Crippen LogP contribution in [0.25, 0.3) is 10.8 Å². The summed E-state index contributed by atoms with van der Waals surface area (Å²) in [5.41, 5.74) is 0.447. The molecule has 0 saturated carbocycles. The van der Waals surface area contributed by atoms with Gasteiger partial charge >= 0.3 is 0 Å². The van der Waals surface area contributed by atoms with Crippen LogP contribution in [0.15, 0.2) is 22.8 Å². The summed E-state index contributed by atoms with van der Waals surface area (Å²) in [5.74, 6) is 0.498. The summed E-state index contributed by atoms with van der Waals surface area (Å²) in [6, 6.07) is 3.62. The Morgan fingerprint density at radius 2 is 2.44 bits per heavy atom. The average Bonchev–Trinajstić information content (AvgIpc) is 2.97. The third kappa shape index (κ3) is 2.77. The first-order valence-electron chi connectivity index (χ1n) is 5.51. The zero-order chi connectivity index (χ0) is 13.0. The van der Waals surface area contributed by atoms with Crippen molar-refractivity contribution >= 4 is 17.2 Å². The van der Waals surface area contributed by atoms with Crippen LogP contribution in [0.1, 0.15) is 15.4 Å². The lowest BCUT2D eigenvalue weighted by Gasteiger charge is -2.02. The summed E-state index contributed by atoms with van der Waals surface area (Å²) in [5, 5.41) is 3.47. The number of ether oxygens (including phenoxy) is 1. The van der Waals surface area contributed by atoms with Gasteiger partial charge in [0.05, 0.1) is 12.9 Å². The van der Waals surface area contributed by atoms with Gasteiger partial charge in [-0.05, 0) is 19.1 Å². The van der Waals surface area contributed by atoms with E-state index in [9.17, 15) is 4.79 Å². The highest BCUT2D eigenvalue weighted by atomic mass is 32.1. The number of thiazole rings is 1. The van der Waals surface area contributed by atoms with Crippen LogP contribution in [0.3, 0.4) is 0 Å². The van der Waals surface area contributed by atoms with E-state index in [0.717, 1.165) is 9.88 Å². The molecule has 2 heterocycles. The molecule has 18 heavy (non-hydrogen) atoms. The Morgan fingerprint density at radius 1 is 1.61 bits per heavy atom. The number of furan rings is 1. The second-order valence-corrected chi connectivity index (χ2v) is 4.85. The summed E-state index contributed by atoms with van der Waals surface area (Å²) in [6.07, 6.45) is 1.59. The second-order valence-electron chi connectivity index (χ2n) is 3.65. The van der Waals surface area contributed by atoms with Gasteiger partial charge in [-0.3, -0.25) is 4.79 Å². The smallest absolute Gasteiger partial charge is 0.271 e. The van der Waals surface area contributed by atoms with E-state index in [0.29, 0.717) is 24.6 Å². The molecule has 0 saturated heterocycles. The highest BCUT2D eigenvalue weighted by Gasteiger charge is 2.16. The van der Waals surface area contributed by atoms with Gasteiger partial charge in [-0.2, -0.15) is 0 Å². The van der Waals surface area contributed by atoms with Crippen LogP contribution in [-0.2, 0) is 4.74 Å². The van der Waals surface area contributed by atoms with Crippen molar-refractivity contribution < 1.29 is 13.9 Å². The highest BCUT2D eigenvalue weighted by molar-refractivity contribution is 7.15. The molecule has 1 N–H and O–H groups in total. The molecule has 0 spiro atoms. The number of aromatic nitrogens is 1. The molecule has 0 atom stereocenters. The molecule has 2 aromatic rings. The molecule has 0 fully saturated rings. The zero-order valence-corrected chi connectivity index (χ0v) is 11.0. The van der Waals surface area contributed by atoms with E-state index in [4.69, 9.17) is 9.15 Å². The quantitative estimate of drug-likeness (QED) is 0.842. The number of methoxy groups -OCH3 is 1. The lowest BCUT2D eigenvalue weighted by Crippen LogP contribution is -2.27. The Kier molecular flexibility index (Phi) is 4.11. The molecule has 0 aliphatic heterocycles. The number of hydrogen-bond acceptors (Lipinski definition) is 5. The molecule has 0 aliphatic carbocycles. The fourth-order valence-electron chi connectivity index (χ4n) is 1.46. The van der Waals surface area contributed by atoms with Crippen LogP contribution in [-0.4, -0.2) is 31.2 Å². The average molecular weight is 266 g/mol. The molecule has 6 heteroatoms. The van der Waals surface area contributed by atoms with Crippen LogP contribution in [0, 0.1) is 6.92 Å². The number of aryl methyl sites for hydroxylation is 1. The minimum absolute atomic E-state index is 0.182. The highest BCUT2D eigenvalue weighted by Crippen LogP contribution is 2.27. The van der Waals surface area contributed by atoms with E-state index < -0.39 is 0 Å². The molecule has 2 rings (SSSR count). The number of nitrogens with one attached hydrogen (secondary N) is 1. The molecule has 0 bridgehead atoms. The van der Waals surface area contributed by atoms with E-state index >= 15 is 0 Å². The first-order valence-corrected chi connectivity index (χ1v) is 6.32. The summed E-state index contributed by atoms with van der Waals surface area (Å²) in [6.45, 7) is 2.83. The van der Waals surface area contributed by atoms with E-state index in [1.807, 2.05) is 13.0 Å². The van der Waals surface area contributed by atoms with Crippen LogP contribution < -0.4 is 5.32 Å². The Morgan fingerprint density at radius 3 is 3.11 bits per heavy atom. The molecule has 1 amide bonds. The number of nitrogens with zero attached hydrogens (tertiary/aromatic N) is 1. The van der Waals surface area contributed by atoms with Crippen LogP contribution in [0.4, 0.5) is 0 Å². The number of carbonyl (C=O) groups is 1. The summed E-state index contributed by atoms with van der Waals surface area (Å²) in [7, 11) is 1.59. The van der Waals surface area contributed by atoms with Gasteiger partial charge in [-0.25, -0.2) is 4.98 Å². The van der Waals surface area contributed by atoms with Crippen molar-refractivity contribution in [1.82, 2.24) is 10.3 Å². The summed E-state index contributed by atoms with van der Waals surface area (Å²) < 4.78 is 10.1. The lowest BCUT2D eigenvalue weighted by molar-refractivity contribution is 0.0932. The molecular weight excluding hydrogens is 252 g/mol. The molecule has 0 radical (unpaired) electrons. The maximum absolute atomic E-state index is 11.9. The number of rotatable bonds is 5. The van der Waals surface area contributed by atoms with Gasteiger partial charge in [-0.1, -0.05) is 0 Å². The number of carbonyl (C=O) groups excluding carboxylic acids is 1. The largest absolute Gasteiger partial charge is 0.462 e. The van der Waals surface area contributed by atoms with Crippen molar-refractivity contribution in [1.29, 1.82) is 0 Å². The minimum atomic E-state index is -0.182. The van der Waals surface area contributed by atoms with Gasteiger partial charge in [0.2, 0.25) is 0 Å². The predicted molar refractivity (Wildman–Crippen MR) is 68.8 cm³/mol. The van der Waals surface area contributed by atoms with Gasteiger partial charge in [0.15, 0.2) is 10.8 Å². The Balaban J connectivity index is 2.12. The molecule has 0 aromatic carbocycles. The Labute approximate surface area is 109 Å². The third-order valence-corrected chi connectivity index (χ3v) is 3.32. The molecule has 96 valence electrons. The number of amides is 1. The fraction of sp³-hybridized carbons (Fsp3) is 0.333. The summed E-state index contributed by atoms with van der Waals surface area (Å²) >= 11 is 1.44. The van der Waals surface area contributed by atoms with Crippen molar-refractivity contribution in [2.24, 2.45) is 0 Å². The van der Waals surface area contributed by atoms with E-state index in [2.05, 4.69) is 10.3 Å². The van der Waals surface area contributed by atoms with Gasteiger partial charge in [-0.15, -0.1) is 11.3 Å². The van der Waals surface area contributed by atoms with Crippen molar-refractivity contribution in [3.63, 3.8) is 0 Å². The van der Waals surface area contributed by atoms with Crippen molar-refractivity contribution in [2.75, 3.05) is 20.3 Å². The molecule has 5 nitrogen and oxygen atoms in total. The first kappa shape index (κ1) is 12.8. The maximum atomic E-state index is 11.9. The van der Waals surface area contributed by atoms with Gasteiger partial charge in [0, 0.05) is 18.5 Å². The monoisotopic (exact) mass is 266 g/mol. The fourth-order valence-corrected chi connectivity index (χ4v) is 2.34. The van der Waals surface area contributed by atoms with Crippen LogP contribution in [0.5, 0.6) is 0 Å². The van der Waals surface area contributed by atoms with E-state index in [-0.39, 0.29) is 5.91 Å². The van der Waals surface area contributed by atoms with Crippen molar-refractivity contribution in [3.05, 3.63) is 29.0 Å². The number of hydrogen-bond donors (Lipinski definition) is 1. The van der Waals surface area contributed by atoms with Crippen LogP contribution >= 0.6 is 11.3 Å². The molecule has 2 aromatic heterocycles. The van der Waals surface area contributed by atoms with E-state index in [1.54, 1.807) is 19.4 Å². The van der Waals surface area contributed by atoms with Crippen LogP contribution in [0.2, 0.25) is 0 Å². The Hall–Kier alpha value is -1.66. The third-order valence-electron chi connectivity index (χ3n) is 2.34. The maximum Gasteiger partial charge on any atom is 0.271 e. The van der Waals surface area contributed by atoms with Crippen molar-refractivity contribution in [2.45, 2.75) is 6.92 Å². The van der Waals surface area contributed by atoms with Crippen molar-refractivity contribution in [3.8, 4) is 10.8 Å². The Bertz CT molecular complexity index is 519. The predicted octanol–water partition coefficient (Wildman–Crippen LogP) is 2.09. The molecular formula is C12H14N2O3S. The zero-order valence-electron chi connectivity index (χ0n) is 10.2. The summed E-state index contributed by atoms with van der Waals surface area (Å²) in [4.78, 5) is 17.0. The van der Waals surface area contributed by atoms with Gasteiger partial charge in [0.25, 0.3) is 5.91 Å². The minimum Gasteiger partial charge on any atom is -0.462 e. The first-order chi connectivity index (χ1) is 8.72. The van der Waals surface area contributed by atoms with E-state index in [1.165, 1.54) is 11.3 Å². The van der Waals surface area contributed by atoms with Gasteiger partial charge in [0.1, 0.15) is 5.69 Å². The topological polar surface area (TPSA) is 64.4 Å². The lowest BCUT2D eigenvalue weighted by atomic mass is 10.3. The van der Waals surface area contributed by atoms with Gasteiger partial charge < -0.3 is 14.5 Å². The molecule has 0 aliphatic rings. The molecule has 0 unspecified atom stereocenters. The standard InChI is InChI=1S/C12H14N2O3S/c1-8-10(11(15)13-5-7-16-2)14-12(18-8)9-4-3-6-17-9/h3-4,6H,5,7H2,1-2H3,(H,13,15). The normalized spacial score (nSPS) is 10.6. The second kappa shape index (κ2) is 5.79.